The van der Waals surface area contributed by atoms with Gasteiger partial charge in [-0.1, -0.05) is 0 Å². The van der Waals surface area contributed by atoms with E-state index in [1.165, 1.54) is 10.0 Å². The van der Waals surface area contributed by atoms with Crippen molar-refractivity contribution in [2.45, 2.75) is 30.0 Å². The molecule has 0 radical (unpaired) electrons. The molecule has 0 unspecified atom stereocenters. The zero-order valence-corrected chi connectivity index (χ0v) is 10.4. The van der Waals surface area contributed by atoms with Gasteiger partial charge in [0.2, 0.25) is 0 Å². The van der Waals surface area contributed by atoms with Gasteiger partial charge in [-0.25, -0.2) is 0 Å². The van der Waals surface area contributed by atoms with E-state index >= 15 is 0 Å². The zero-order valence-electron chi connectivity index (χ0n) is 7.45. The van der Waals surface area contributed by atoms with Crippen LogP contribution in [0.2, 0.25) is 10.0 Å². The maximum Gasteiger partial charge on any atom is 0.100 e. The third-order valence-electron chi connectivity index (χ3n) is 1.13. The summed E-state index contributed by atoms with van der Waals surface area (Å²) < 4.78 is 0. The van der Waals surface area contributed by atoms with Crippen LogP contribution >= 0.6 is 0 Å². The van der Waals surface area contributed by atoms with Crippen LogP contribution in [0, 0.1) is 0 Å². The van der Waals surface area contributed by atoms with Gasteiger partial charge in [0.05, 0.1) is 13.2 Å². The molecule has 0 bridgehead atoms. The van der Waals surface area contributed by atoms with Gasteiger partial charge in [0.25, 0.3) is 0 Å². The Hall–Kier alpha value is 0.503. The summed E-state index contributed by atoms with van der Waals surface area (Å²) in [5, 5.41) is 27.1. The van der Waals surface area contributed by atoms with Crippen LogP contribution < -0.4 is 0 Å². The zero-order chi connectivity index (χ0) is 9.11. The number of rotatable bonds is 4. The Morgan fingerprint density at radius 1 is 1.09 bits per heavy atom. The molecule has 0 aromatic carbocycles. The van der Waals surface area contributed by atoms with Gasteiger partial charge in [0.15, 0.2) is 0 Å². The molecule has 3 nitrogen and oxygen atoms in total. The molecule has 0 rings (SSSR count). The Labute approximate surface area is 76.0 Å². The van der Waals surface area contributed by atoms with Gasteiger partial charge in [0.1, 0.15) is 6.10 Å². The van der Waals surface area contributed by atoms with Crippen molar-refractivity contribution in [2.24, 2.45) is 0 Å². The summed E-state index contributed by atoms with van der Waals surface area (Å²) in [5.41, 5.74) is 0. The predicted octanol–water partition coefficient (Wildman–Crippen LogP) is 0.277. The molecule has 0 aliphatic rings. The van der Waals surface area contributed by atoms with E-state index in [-0.39, 0.29) is 30.3 Å². The summed E-state index contributed by atoms with van der Waals surface area (Å²) >= 11 is 0.0972. The van der Waals surface area contributed by atoms with Crippen molar-refractivity contribution in [3.63, 3.8) is 0 Å². The molecule has 0 aliphatic heterocycles. The monoisotopic (exact) mass is 214 g/mol. The molecule has 0 atom stereocenters. The molecule has 0 aromatic rings. The van der Waals surface area contributed by atoms with Gasteiger partial charge >= 0.3 is 41.0 Å². The summed E-state index contributed by atoms with van der Waals surface area (Å²) in [6, 6.07) is 0. The smallest absolute Gasteiger partial charge is 0.100 e. The molecule has 0 amide bonds. The van der Waals surface area contributed by atoms with Gasteiger partial charge in [-0.05, 0) is 0 Å². The normalized spacial score (nSPS) is 8.55. The Morgan fingerprint density at radius 3 is 1.45 bits per heavy atom. The number of hydrogen-bond donors (Lipinski definition) is 3. The van der Waals surface area contributed by atoms with Crippen LogP contribution in [0.4, 0.5) is 0 Å². The molecule has 0 spiro atoms. The minimum absolute atomic E-state index is 0.0972. The molecular formula is C7H18O3Zn. The summed E-state index contributed by atoms with van der Waals surface area (Å²) in [4.78, 5) is 0. The van der Waals surface area contributed by atoms with Gasteiger partial charge in [-0.3, -0.25) is 0 Å². The molecule has 66 valence electrons. The van der Waals surface area contributed by atoms with Gasteiger partial charge in [-0.2, -0.15) is 0 Å². The predicted molar refractivity (Wildman–Crippen MR) is 41.1 cm³/mol. The summed E-state index contributed by atoms with van der Waals surface area (Å²) in [6.07, 6.45) is -0.954. The van der Waals surface area contributed by atoms with E-state index in [1.807, 2.05) is 0 Å². The maximum atomic E-state index is 8.17. The van der Waals surface area contributed by atoms with Crippen LogP contribution in [-0.2, 0) is 17.1 Å². The molecule has 11 heavy (non-hydrogen) atoms. The number of hydrogen-bond acceptors (Lipinski definition) is 3. The first-order chi connectivity index (χ1) is 5.22. The second-order valence-corrected chi connectivity index (χ2v) is 8.05. The third kappa shape index (κ3) is 18.0. The molecule has 3 N–H and O–H groups in total. The summed E-state index contributed by atoms with van der Waals surface area (Å²) in [6.45, 7) is 3.86. The van der Waals surface area contributed by atoms with Crippen molar-refractivity contribution in [1.29, 1.82) is 0 Å². The Morgan fingerprint density at radius 2 is 1.45 bits per heavy atom. The van der Waals surface area contributed by atoms with E-state index in [0.717, 1.165) is 0 Å². The molecule has 4 heteroatoms. The van der Waals surface area contributed by atoms with E-state index in [2.05, 4.69) is 13.8 Å². The molecule has 0 saturated carbocycles. The first kappa shape index (κ1) is 14.1. The second kappa shape index (κ2) is 13.1. The SMILES string of the molecule is C[CH2][Zn][CH2]C.OCC(O)CO. The van der Waals surface area contributed by atoms with Crippen LogP contribution in [0.3, 0.4) is 0 Å². The van der Waals surface area contributed by atoms with E-state index < -0.39 is 6.10 Å². The molecular weight excluding hydrogens is 197 g/mol. The van der Waals surface area contributed by atoms with Crippen molar-refractivity contribution >= 4 is 0 Å². The number of aliphatic hydroxyl groups excluding tert-OH is 3. The summed E-state index contributed by atoms with van der Waals surface area (Å²) in [5.74, 6) is 0. The minimum Gasteiger partial charge on any atom is -0.394 e. The maximum absolute atomic E-state index is 8.17. The van der Waals surface area contributed by atoms with Crippen LogP contribution in [0.5, 0.6) is 0 Å². The van der Waals surface area contributed by atoms with Crippen LogP contribution in [-0.4, -0.2) is 34.6 Å². The molecule has 0 heterocycles. The molecule has 0 fully saturated rings. The average Bonchev–Trinajstić information content (AvgIpc) is 2.06. The van der Waals surface area contributed by atoms with E-state index in [9.17, 15) is 0 Å². The molecule has 0 saturated heterocycles. The second-order valence-electron chi connectivity index (χ2n) is 2.37. The van der Waals surface area contributed by atoms with Crippen LogP contribution in [0.15, 0.2) is 0 Å². The van der Waals surface area contributed by atoms with Crippen molar-refractivity contribution in [3.8, 4) is 0 Å². The fourth-order valence-corrected chi connectivity index (χ4v) is 1.89. The Balaban J connectivity index is 0. The van der Waals surface area contributed by atoms with Crippen molar-refractivity contribution in [2.75, 3.05) is 13.2 Å². The molecule has 0 aliphatic carbocycles. The van der Waals surface area contributed by atoms with Gasteiger partial charge < -0.3 is 15.3 Å². The third-order valence-corrected chi connectivity index (χ3v) is 4.10. The van der Waals surface area contributed by atoms with Crippen molar-refractivity contribution in [1.82, 2.24) is 0 Å². The fourth-order valence-electron chi connectivity index (χ4n) is 0.411. The fraction of sp³-hybridized carbons (Fsp3) is 1.00. The number of aliphatic hydroxyl groups is 3. The minimum atomic E-state index is -0.954. The topological polar surface area (TPSA) is 60.7 Å². The van der Waals surface area contributed by atoms with Gasteiger partial charge in [0, 0.05) is 0 Å². The Kier molecular flexibility index (Phi) is 16.8. The van der Waals surface area contributed by atoms with Crippen LogP contribution in [0.25, 0.3) is 0 Å². The average molecular weight is 216 g/mol. The Bertz CT molecular complexity index is 55.6. The summed E-state index contributed by atoms with van der Waals surface area (Å²) in [7, 11) is 0. The largest absolute Gasteiger partial charge is 0.394 e. The van der Waals surface area contributed by atoms with Crippen molar-refractivity contribution < 1.29 is 32.4 Å². The first-order valence-electron chi connectivity index (χ1n) is 4.12. The standard InChI is InChI=1S/C3H8O3.2C2H5.Zn/c4-1-3(6)2-5;2*1-2;/h3-6H,1-2H2;2*1H2,2H3;. The van der Waals surface area contributed by atoms with Crippen LogP contribution in [0.1, 0.15) is 13.8 Å². The van der Waals surface area contributed by atoms with Gasteiger partial charge in [-0.15, -0.1) is 0 Å². The van der Waals surface area contributed by atoms with E-state index in [0.29, 0.717) is 0 Å². The van der Waals surface area contributed by atoms with E-state index in [4.69, 9.17) is 15.3 Å². The molecule has 0 aromatic heterocycles. The first-order valence-corrected chi connectivity index (χ1v) is 8.32. The van der Waals surface area contributed by atoms with E-state index in [1.54, 1.807) is 0 Å². The quantitative estimate of drug-likeness (QED) is 0.591. The van der Waals surface area contributed by atoms with Crippen molar-refractivity contribution in [3.05, 3.63) is 0 Å².